The standard InChI is InChI=1S/C18H20N2O5/c1-12(21)20-8-6-18(7-9-20)11-15(22)14-10-13(2-4-16(14)25-18)3-5-17(23)19-24/h2-5,10,24H,6-9,11H2,1H3,(H,19,23)/b5-3+. The second-order valence-electron chi connectivity index (χ2n) is 6.46. The molecule has 7 nitrogen and oxygen atoms in total. The first-order valence-electron chi connectivity index (χ1n) is 8.16. The highest BCUT2D eigenvalue weighted by molar-refractivity contribution is 6.01. The minimum Gasteiger partial charge on any atom is -0.486 e. The van der Waals surface area contributed by atoms with Crippen LogP contribution in [0, 0.1) is 0 Å². The maximum Gasteiger partial charge on any atom is 0.267 e. The number of amides is 2. The Balaban J connectivity index is 1.78. The first kappa shape index (κ1) is 17.2. The molecule has 0 atom stereocenters. The van der Waals surface area contributed by atoms with Gasteiger partial charge >= 0.3 is 0 Å². The van der Waals surface area contributed by atoms with Gasteiger partial charge in [-0.15, -0.1) is 0 Å². The number of fused-ring (bicyclic) bond motifs is 1. The molecule has 1 fully saturated rings. The van der Waals surface area contributed by atoms with Crippen LogP contribution in [0.3, 0.4) is 0 Å². The number of likely N-dealkylation sites (tertiary alicyclic amines) is 1. The normalized spacial score (nSPS) is 18.8. The summed E-state index contributed by atoms with van der Waals surface area (Å²) in [5, 5.41) is 8.49. The van der Waals surface area contributed by atoms with Gasteiger partial charge in [-0.1, -0.05) is 6.07 Å². The fourth-order valence-corrected chi connectivity index (χ4v) is 3.33. The van der Waals surface area contributed by atoms with E-state index >= 15 is 0 Å². The number of hydrogen-bond acceptors (Lipinski definition) is 5. The van der Waals surface area contributed by atoms with E-state index in [9.17, 15) is 14.4 Å². The number of rotatable bonds is 2. The van der Waals surface area contributed by atoms with E-state index in [4.69, 9.17) is 9.94 Å². The third kappa shape index (κ3) is 3.56. The number of carbonyl (C=O) groups is 3. The van der Waals surface area contributed by atoms with Crippen molar-refractivity contribution in [3.8, 4) is 5.75 Å². The first-order valence-corrected chi connectivity index (χ1v) is 8.16. The molecule has 1 spiro atoms. The number of benzene rings is 1. The average Bonchev–Trinajstić information content (AvgIpc) is 2.60. The highest BCUT2D eigenvalue weighted by atomic mass is 16.5. The maximum absolute atomic E-state index is 12.6. The van der Waals surface area contributed by atoms with Crippen LogP contribution in [0.25, 0.3) is 6.08 Å². The summed E-state index contributed by atoms with van der Waals surface area (Å²) in [5.74, 6) is -0.0621. The molecule has 0 aromatic heterocycles. The fraction of sp³-hybridized carbons (Fsp3) is 0.389. The van der Waals surface area contributed by atoms with Crippen LogP contribution in [-0.4, -0.2) is 46.4 Å². The lowest BCUT2D eigenvalue weighted by Crippen LogP contribution is -2.51. The highest BCUT2D eigenvalue weighted by Crippen LogP contribution is 2.39. The van der Waals surface area contributed by atoms with Crippen LogP contribution in [0.15, 0.2) is 24.3 Å². The largest absolute Gasteiger partial charge is 0.486 e. The van der Waals surface area contributed by atoms with Gasteiger partial charge in [0.1, 0.15) is 11.4 Å². The zero-order valence-electron chi connectivity index (χ0n) is 13.9. The smallest absolute Gasteiger partial charge is 0.267 e. The molecule has 0 radical (unpaired) electrons. The summed E-state index contributed by atoms with van der Waals surface area (Å²) in [4.78, 5) is 36.9. The molecular formula is C18H20N2O5. The second kappa shape index (κ2) is 6.68. The lowest BCUT2D eigenvalue weighted by atomic mass is 9.82. The zero-order chi connectivity index (χ0) is 18.0. The summed E-state index contributed by atoms with van der Waals surface area (Å²) < 4.78 is 6.16. The summed E-state index contributed by atoms with van der Waals surface area (Å²) in [7, 11) is 0. The van der Waals surface area contributed by atoms with Crippen molar-refractivity contribution in [3.63, 3.8) is 0 Å². The summed E-state index contributed by atoms with van der Waals surface area (Å²) in [6.45, 7) is 2.73. The Hall–Kier alpha value is -2.67. The van der Waals surface area contributed by atoms with Crippen molar-refractivity contribution in [1.29, 1.82) is 0 Å². The summed E-state index contributed by atoms with van der Waals surface area (Å²) >= 11 is 0. The van der Waals surface area contributed by atoms with E-state index in [1.54, 1.807) is 30.0 Å². The third-order valence-electron chi connectivity index (χ3n) is 4.77. The van der Waals surface area contributed by atoms with Gasteiger partial charge < -0.3 is 9.64 Å². The molecule has 25 heavy (non-hydrogen) atoms. The predicted octanol–water partition coefficient (Wildman–Crippen LogP) is 1.55. The first-order chi connectivity index (χ1) is 11.9. The van der Waals surface area contributed by atoms with Crippen LogP contribution in [0.1, 0.15) is 42.1 Å². The van der Waals surface area contributed by atoms with Gasteiger partial charge in [-0.05, 0) is 23.8 Å². The minimum absolute atomic E-state index is 0.000570. The molecule has 2 aliphatic heterocycles. The molecule has 2 amide bonds. The van der Waals surface area contributed by atoms with E-state index in [2.05, 4.69) is 0 Å². The summed E-state index contributed by atoms with van der Waals surface area (Å²) in [6.07, 6.45) is 4.24. The SMILES string of the molecule is CC(=O)N1CCC2(CC1)CC(=O)c1cc(/C=C/C(=O)NO)ccc1O2. The number of hydrogen-bond donors (Lipinski definition) is 2. The van der Waals surface area contributed by atoms with Crippen molar-refractivity contribution in [2.45, 2.75) is 31.8 Å². The molecule has 1 aromatic carbocycles. The number of Topliss-reactive ketones (excluding diaryl/α,β-unsaturated/α-hetero) is 1. The van der Waals surface area contributed by atoms with Gasteiger partial charge in [0.15, 0.2) is 5.78 Å². The van der Waals surface area contributed by atoms with Crippen LogP contribution in [-0.2, 0) is 9.59 Å². The van der Waals surface area contributed by atoms with E-state index in [-0.39, 0.29) is 18.1 Å². The number of nitrogens with zero attached hydrogens (tertiary/aromatic N) is 1. The van der Waals surface area contributed by atoms with E-state index in [1.165, 1.54) is 17.6 Å². The van der Waals surface area contributed by atoms with E-state index in [0.29, 0.717) is 42.8 Å². The van der Waals surface area contributed by atoms with Crippen molar-refractivity contribution < 1.29 is 24.3 Å². The third-order valence-corrected chi connectivity index (χ3v) is 4.77. The number of ether oxygens (including phenoxy) is 1. The Morgan fingerprint density at radius 1 is 1.32 bits per heavy atom. The van der Waals surface area contributed by atoms with Crippen molar-refractivity contribution in [2.75, 3.05) is 13.1 Å². The molecule has 3 rings (SSSR count). The monoisotopic (exact) mass is 344 g/mol. The number of piperidine rings is 1. The molecule has 1 saturated heterocycles. The number of nitrogens with one attached hydrogen (secondary N) is 1. The molecule has 0 aliphatic carbocycles. The maximum atomic E-state index is 12.6. The van der Waals surface area contributed by atoms with Gasteiger partial charge in [0.25, 0.3) is 5.91 Å². The molecule has 132 valence electrons. The minimum atomic E-state index is -0.642. The van der Waals surface area contributed by atoms with Crippen LogP contribution >= 0.6 is 0 Å². The van der Waals surface area contributed by atoms with Gasteiger partial charge in [0.05, 0.1) is 12.0 Å². The van der Waals surface area contributed by atoms with Gasteiger partial charge in [-0.25, -0.2) is 5.48 Å². The highest BCUT2D eigenvalue weighted by Gasteiger charge is 2.43. The zero-order valence-corrected chi connectivity index (χ0v) is 13.9. The predicted molar refractivity (Wildman–Crippen MR) is 89.2 cm³/mol. The van der Waals surface area contributed by atoms with Crippen molar-refractivity contribution in [2.24, 2.45) is 0 Å². The molecule has 7 heteroatoms. The van der Waals surface area contributed by atoms with Crippen LogP contribution in [0.5, 0.6) is 5.75 Å². The molecule has 0 saturated carbocycles. The van der Waals surface area contributed by atoms with Crippen LogP contribution < -0.4 is 10.2 Å². The molecule has 1 aromatic rings. The van der Waals surface area contributed by atoms with Gasteiger partial charge in [0.2, 0.25) is 5.91 Å². The number of ketones is 1. The molecule has 0 bridgehead atoms. The number of carbonyl (C=O) groups excluding carboxylic acids is 3. The van der Waals surface area contributed by atoms with Gasteiger partial charge in [-0.2, -0.15) is 0 Å². The quantitative estimate of drug-likeness (QED) is 0.482. The van der Waals surface area contributed by atoms with Crippen LogP contribution in [0.4, 0.5) is 0 Å². The van der Waals surface area contributed by atoms with Gasteiger partial charge in [0, 0.05) is 38.9 Å². The Morgan fingerprint density at radius 2 is 2.04 bits per heavy atom. The Labute approximate surface area is 145 Å². The van der Waals surface area contributed by atoms with Crippen molar-refractivity contribution in [1.82, 2.24) is 10.4 Å². The van der Waals surface area contributed by atoms with Crippen molar-refractivity contribution in [3.05, 3.63) is 35.4 Å². The van der Waals surface area contributed by atoms with Gasteiger partial charge in [-0.3, -0.25) is 19.6 Å². The Bertz CT molecular complexity index is 748. The topological polar surface area (TPSA) is 95.9 Å². The molecular weight excluding hydrogens is 324 g/mol. The Morgan fingerprint density at radius 3 is 2.68 bits per heavy atom. The van der Waals surface area contributed by atoms with E-state index in [1.807, 2.05) is 0 Å². The van der Waals surface area contributed by atoms with E-state index < -0.39 is 11.5 Å². The van der Waals surface area contributed by atoms with Crippen molar-refractivity contribution >= 4 is 23.7 Å². The molecule has 2 aliphatic rings. The van der Waals surface area contributed by atoms with Crippen LogP contribution in [0.2, 0.25) is 0 Å². The lowest BCUT2D eigenvalue weighted by molar-refractivity contribution is -0.132. The number of hydroxylamine groups is 1. The molecule has 0 unspecified atom stereocenters. The summed E-state index contributed by atoms with van der Waals surface area (Å²) in [6, 6.07) is 5.15. The fourth-order valence-electron chi connectivity index (χ4n) is 3.33. The second-order valence-corrected chi connectivity index (χ2v) is 6.46. The Kier molecular flexibility index (Phi) is 4.59. The average molecular weight is 344 g/mol. The molecule has 2 N–H and O–H groups in total. The lowest BCUT2D eigenvalue weighted by Gasteiger charge is -2.43. The van der Waals surface area contributed by atoms with E-state index in [0.717, 1.165) is 0 Å². The molecule has 2 heterocycles. The summed E-state index contributed by atoms with van der Waals surface area (Å²) in [5.41, 5.74) is 2.13.